The van der Waals surface area contributed by atoms with Crippen LogP contribution in [0.4, 0.5) is 0 Å². The van der Waals surface area contributed by atoms with Crippen LogP contribution in [0.2, 0.25) is 0 Å². The van der Waals surface area contributed by atoms with Crippen molar-refractivity contribution in [1.82, 2.24) is 0 Å². The first-order valence-electron chi connectivity index (χ1n) is 5.10. The number of carboxylic acids is 1. The van der Waals surface area contributed by atoms with Gasteiger partial charge in [0.2, 0.25) is 0 Å². The molecule has 2 rings (SSSR count). The molecule has 0 amide bonds. The highest BCUT2D eigenvalue weighted by molar-refractivity contribution is 5.68. The number of aliphatic hydroxyl groups is 1. The van der Waals surface area contributed by atoms with Gasteiger partial charge in [-0.25, -0.2) is 0 Å². The Balaban J connectivity index is 2.17. The fraction of sp³-hybridized carbons (Fsp3) is 0.417. The van der Waals surface area contributed by atoms with E-state index in [4.69, 9.17) is 5.11 Å². The average molecular weight is 206 g/mol. The van der Waals surface area contributed by atoms with E-state index in [9.17, 15) is 9.90 Å². The van der Waals surface area contributed by atoms with Crippen molar-refractivity contribution in [2.45, 2.75) is 30.8 Å². The average Bonchev–Trinajstić information content (AvgIpc) is 2.99. The Bertz CT molecular complexity index is 354. The summed E-state index contributed by atoms with van der Waals surface area (Å²) in [5.41, 5.74) is 0.762. The van der Waals surface area contributed by atoms with Crippen molar-refractivity contribution in [3.63, 3.8) is 0 Å². The summed E-state index contributed by atoms with van der Waals surface area (Å²) in [4.78, 5) is 10.6. The van der Waals surface area contributed by atoms with Crippen LogP contribution in [0.5, 0.6) is 0 Å². The van der Waals surface area contributed by atoms with Crippen LogP contribution in [0.25, 0.3) is 0 Å². The highest BCUT2D eigenvalue weighted by Crippen LogP contribution is 2.51. The Kier molecular flexibility index (Phi) is 2.49. The van der Waals surface area contributed by atoms with Gasteiger partial charge in [-0.1, -0.05) is 30.3 Å². The summed E-state index contributed by atoms with van der Waals surface area (Å²) in [6, 6.07) is 9.67. The monoisotopic (exact) mass is 206 g/mol. The zero-order chi connectivity index (χ0) is 10.9. The first-order chi connectivity index (χ1) is 7.15. The molecule has 15 heavy (non-hydrogen) atoms. The molecule has 0 radical (unpaired) electrons. The van der Waals surface area contributed by atoms with Gasteiger partial charge < -0.3 is 10.2 Å². The molecule has 0 aromatic heterocycles. The van der Waals surface area contributed by atoms with Gasteiger partial charge in [0, 0.05) is 5.41 Å². The number of hydrogen-bond acceptors (Lipinski definition) is 2. The number of carbonyl (C=O) groups is 1. The lowest BCUT2D eigenvalue weighted by Gasteiger charge is -2.21. The molecule has 0 spiro atoms. The van der Waals surface area contributed by atoms with Crippen molar-refractivity contribution >= 4 is 5.97 Å². The van der Waals surface area contributed by atoms with Crippen molar-refractivity contribution in [2.75, 3.05) is 0 Å². The Hall–Kier alpha value is -1.35. The molecule has 1 aliphatic carbocycles. The normalized spacial score (nSPS) is 19.5. The molecule has 0 saturated heterocycles. The van der Waals surface area contributed by atoms with Gasteiger partial charge >= 0.3 is 5.97 Å². The smallest absolute Gasteiger partial charge is 0.306 e. The maximum Gasteiger partial charge on any atom is 0.306 e. The second-order valence-corrected chi connectivity index (χ2v) is 4.14. The van der Waals surface area contributed by atoms with E-state index in [1.165, 1.54) is 0 Å². The maximum atomic E-state index is 10.6. The van der Waals surface area contributed by atoms with E-state index < -0.39 is 12.1 Å². The number of hydrogen-bond donors (Lipinski definition) is 2. The highest BCUT2D eigenvalue weighted by Gasteiger charge is 2.50. The van der Waals surface area contributed by atoms with Gasteiger partial charge in [0.05, 0.1) is 12.5 Å². The van der Waals surface area contributed by atoms with E-state index in [0.717, 1.165) is 18.4 Å². The number of aliphatic carboxylic acids is 1. The standard InChI is InChI=1S/C12H14O3/c13-10(8-11(14)15)12(6-7-12)9-4-2-1-3-5-9/h1-5,10,13H,6-8H2,(H,14,15)/t10-/m0/s1. The minimum absolute atomic E-state index is 0.172. The Morgan fingerprint density at radius 2 is 1.93 bits per heavy atom. The zero-order valence-corrected chi connectivity index (χ0v) is 8.39. The molecule has 0 bridgehead atoms. The minimum Gasteiger partial charge on any atom is -0.481 e. The van der Waals surface area contributed by atoms with Gasteiger partial charge in [-0.3, -0.25) is 4.79 Å². The summed E-state index contributed by atoms with van der Waals surface area (Å²) in [5.74, 6) is -0.940. The molecule has 1 aromatic carbocycles. The van der Waals surface area contributed by atoms with Crippen LogP contribution < -0.4 is 0 Å². The lowest BCUT2D eigenvalue weighted by atomic mass is 9.88. The van der Waals surface area contributed by atoms with Crippen LogP contribution in [0.1, 0.15) is 24.8 Å². The predicted molar refractivity (Wildman–Crippen MR) is 55.6 cm³/mol. The van der Waals surface area contributed by atoms with Crippen molar-refractivity contribution in [2.24, 2.45) is 0 Å². The number of benzene rings is 1. The predicted octanol–water partition coefficient (Wildman–Crippen LogP) is 1.55. The molecule has 0 heterocycles. The van der Waals surface area contributed by atoms with Crippen LogP contribution in [-0.2, 0) is 10.2 Å². The maximum absolute atomic E-state index is 10.6. The first-order valence-corrected chi connectivity index (χ1v) is 5.10. The third kappa shape index (κ3) is 1.88. The van der Waals surface area contributed by atoms with Crippen molar-refractivity contribution < 1.29 is 15.0 Å². The van der Waals surface area contributed by atoms with Gasteiger partial charge in [-0.2, -0.15) is 0 Å². The van der Waals surface area contributed by atoms with Crippen LogP contribution in [-0.4, -0.2) is 22.3 Å². The lowest BCUT2D eigenvalue weighted by molar-refractivity contribution is -0.139. The van der Waals surface area contributed by atoms with E-state index in [1.807, 2.05) is 30.3 Å². The fourth-order valence-corrected chi connectivity index (χ4v) is 2.08. The second kappa shape index (κ2) is 3.66. The van der Waals surface area contributed by atoms with E-state index in [0.29, 0.717) is 0 Å². The fourth-order valence-electron chi connectivity index (χ4n) is 2.08. The Morgan fingerprint density at radius 1 is 1.33 bits per heavy atom. The molecular formula is C12H14O3. The summed E-state index contributed by atoms with van der Waals surface area (Å²) in [7, 11) is 0. The largest absolute Gasteiger partial charge is 0.481 e. The molecular weight excluding hydrogens is 192 g/mol. The summed E-state index contributed by atoms with van der Waals surface area (Å²) in [5, 5.41) is 18.5. The van der Waals surface area contributed by atoms with Crippen LogP contribution in [0.3, 0.4) is 0 Å². The van der Waals surface area contributed by atoms with E-state index in [2.05, 4.69) is 0 Å². The van der Waals surface area contributed by atoms with Gasteiger partial charge in [0.1, 0.15) is 0 Å². The summed E-state index contributed by atoms with van der Waals surface area (Å²) in [6.45, 7) is 0. The van der Waals surface area contributed by atoms with Crippen LogP contribution in [0.15, 0.2) is 30.3 Å². The quantitative estimate of drug-likeness (QED) is 0.785. The molecule has 3 nitrogen and oxygen atoms in total. The lowest BCUT2D eigenvalue weighted by Crippen LogP contribution is -2.28. The van der Waals surface area contributed by atoms with Gasteiger partial charge in [0.25, 0.3) is 0 Å². The molecule has 1 aromatic rings. The molecule has 3 heteroatoms. The van der Waals surface area contributed by atoms with Crippen molar-refractivity contribution in [3.05, 3.63) is 35.9 Å². The SMILES string of the molecule is O=C(O)C[C@H](O)C1(c2ccccc2)CC1. The first kappa shape index (κ1) is 10.2. The van der Waals surface area contributed by atoms with Crippen molar-refractivity contribution in [3.8, 4) is 0 Å². The van der Waals surface area contributed by atoms with Gasteiger partial charge in [0.15, 0.2) is 0 Å². The number of carboxylic acid groups (broad SMARTS) is 1. The third-order valence-corrected chi connectivity index (χ3v) is 3.14. The van der Waals surface area contributed by atoms with E-state index >= 15 is 0 Å². The van der Waals surface area contributed by atoms with E-state index in [-0.39, 0.29) is 11.8 Å². The minimum atomic E-state index is -0.940. The topological polar surface area (TPSA) is 57.5 Å². The third-order valence-electron chi connectivity index (χ3n) is 3.14. The Morgan fingerprint density at radius 3 is 2.40 bits per heavy atom. The van der Waals surface area contributed by atoms with E-state index in [1.54, 1.807) is 0 Å². The molecule has 1 saturated carbocycles. The number of aliphatic hydroxyl groups excluding tert-OH is 1. The molecule has 1 fully saturated rings. The molecule has 1 atom stereocenters. The Labute approximate surface area is 88.4 Å². The summed E-state index contributed by atoms with van der Waals surface area (Å²) < 4.78 is 0. The highest BCUT2D eigenvalue weighted by atomic mass is 16.4. The number of rotatable bonds is 4. The summed E-state index contributed by atoms with van der Waals surface area (Å²) in [6.07, 6.45) is 0.823. The van der Waals surface area contributed by atoms with Crippen LogP contribution in [0, 0.1) is 0 Å². The molecule has 1 aliphatic rings. The van der Waals surface area contributed by atoms with Crippen LogP contribution >= 0.6 is 0 Å². The second-order valence-electron chi connectivity index (χ2n) is 4.14. The molecule has 2 N–H and O–H groups in total. The summed E-state index contributed by atoms with van der Waals surface area (Å²) >= 11 is 0. The van der Waals surface area contributed by atoms with Crippen molar-refractivity contribution in [1.29, 1.82) is 0 Å². The molecule has 0 unspecified atom stereocenters. The van der Waals surface area contributed by atoms with Gasteiger partial charge in [-0.05, 0) is 18.4 Å². The zero-order valence-electron chi connectivity index (χ0n) is 8.39. The van der Waals surface area contributed by atoms with Gasteiger partial charge in [-0.15, -0.1) is 0 Å². The molecule has 0 aliphatic heterocycles. The molecule has 80 valence electrons.